The molecule has 90 valence electrons. The fourth-order valence-electron chi connectivity index (χ4n) is 1.19. The first kappa shape index (κ1) is 11.9. The van der Waals surface area contributed by atoms with E-state index in [1.54, 1.807) is 5.38 Å². The third kappa shape index (κ3) is 2.75. The van der Waals surface area contributed by atoms with Gasteiger partial charge in [-0.1, -0.05) is 0 Å². The molecule has 1 heterocycles. The van der Waals surface area contributed by atoms with Crippen LogP contribution in [-0.4, -0.2) is 8.42 Å². The molecule has 4 nitrogen and oxygen atoms in total. The van der Waals surface area contributed by atoms with Gasteiger partial charge < -0.3 is 5.73 Å². The van der Waals surface area contributed by atoms with Crippen LogP contribution in [0.15, 0.2) is 39.9 Å². The highest BCUT2D eigenvalue weighted by Crippen LogP contribution is 2.24. The molecular weight excluding hydrogens is 263 g/mol. The van der Waals surface area contributed by atoms with Gasteiger partial charge in [-0.05, 0) is 30.3 Å². The third-order valence-electron chi connectivity index (χ3n) is 1.96. The number of benzene rings is 1. The maximum absolute atomic E-state index is 12.7. The second-order valence-corrected chi connectivity index (χ2v) is 6.13. The molecular formula is C10H9FN2O2S2. The molecule has 0 unspecified atom stereocenters. The molecule has 0 saturated carbocycles. The number of nitrogen functional groups attached to an aromatic ring is 1. The number of halogens is 1. The zero-order chi connectivity index (χ0) is 12.5. The van der Waals surface area contributed by atoms with Crippen molar-refractivity contribution in [3.05, 3.63) is 41.5 Å². The Labute approximate surface area is 102 Å². The van der Waals surface area contributed by atoms with E-state index >= 15 is 0 Å². The molecule has 1 aromatic carbocycles. The number of sulfonamides is 1. The minimum Gasteiger partial charge on any atom is -0.398 e. The summed E-state index contributed by atoms with van der Waals surface area (Å²) in [6.45, 7) is 0. The van der Waals surface area contributed by atoms with Gasteiger partial charge in [0.05, 0.1) is 0 Å². The number of hydrogen-bond acceptors (Lipinski definition) is 4. The van der Waals surface area contributed by atoms with Crippen LogP contribution < -0.4 is 10.5 Å². The molecule has 0 aliphatic heterocycles. The Balaban J connectivity index is 2.26. The Hall–Kier alpha value is -1.60. The van der Waals surface area contributed by atoms with Crippen molar-refractivity contribution >= 4 is 32.7 Å². The van der Waals surface area contributed by atoms with Gasteiger partial charge in [-0.2, -0.15) is 0 Å². The Bertz CT molecular complexity index is 620. The Morgan fingerprint density at radius 2 is 1.88 bits per heavy atom. The van der Waals surface area contributed by atoms with E-state index in [0.29, 0.717) is 11.4 Å². The maximum atomic E-state index is 12.7. The second kappa shape index (κ2) is 4.34. The molecule has 1 aromatic heterocycles. The molecule has 2 aromatic rings. The van der Waals surface area contributed by atoms with Gasteiger partial charge in [0.2, 0.25) is 0 Å². The summed E-state index contributed by atoms with van der Waals surface area (Å²) in [5.41, 5.74) is 6.16. The van der Waals surface area contributed by atoms with Crippen LogP contribution >= 0.6 is 11.3 Å². The molecule has 7 heteroatoms. The van der Waals surface area contributed by atoms with Gasteiger partial charge in [-0.15, -0.1) is 11.3 Å². The number of nitrogens with one attached hydrogen (secondary N) is 1. The molecule has 3 N–H and O–H groups in total. The Kier molecular flexibility index (Phi) is 3.03. The van der Waals surface area contributed by atoms with Gasteiger partial charge in [0.25, 0.3) is 10.0 Å². The molecule has 0 radical (unpaired) electrons. The van der Waals surface area contributed by atoms with Crippen molar-refractivity contribution in [3.63, 3.8) is 0 Å². The van der Waals surface area contributed by atoms with Crippen molar-refractivity contribution in [1.82, 2.24) is 0 Å². The summed E-state index contributed by atoms with van der Waals surface area (Å²) in [4.78, 5) is 0. The molecule has 17 heavy (non-hydrogen) atoms. The van der Waals surface area contributed by atoms with E-state index in [1.165, 1.54) is 30.3 Å². The molecule has 2 rings (SSSR count). The predicted molar refractivity (Wildman–Crippen MR) is 65.9 cm³/mol. The van der Waals surface area contributed by atoms with E-state index in [1.807, 2.05) is 0 Å². The van der Waals surface area contributed by atoms with Crippen LogP contribution in [0.1, 0.15) is 0 Å². The average molecular weight is 272 g/mol. The largest absolute Gasteiger partial charge is 0.398 e. The van der Waals surface area contributed by atoms with E-state index in [9.17, 15) is 12.8 Å². The van der Waals surface area contributed by atoms with Crippen LogP contribution in [0.2, 0.25) is 0 Å². The first-order valence-electron chi connectivity index (χ1n) is 4.60. The average Bonchev–Trinajstić information content (AvgIpc) is 2.69. The molecule has 0 atom stereocenters. The van der Waals surface area contributed by atoms with Crippen LogP contribution in [0.3, 0.4) is 0 Å². The lowest BCUT2D eigenvalue weighted by atomic mass is 10.3. The molecule has 0 aliphatic carbocycles. The fourth-order valence-corrected chi connectivity index (χ4v) is 3.33. The van der Waals surface area contributed by atoms with E-state index in [-0.39, 0.29) is 4.21 Å². The van der Waals surface area contributed by atoms with Crippen molar-refractivity contribution in [1.29, 1.82) is 0 Å². The molecule has 0 amide bonds. The van der Waals surface area contributed by atoms with Crippen LogP contribution in [0.25, 0.3) is 0 Å². The topological polar surface area (TPSA) is 72.2 Å². The number of hydrogen-bond donors (Lipinski definition) is 2. The van der Waals surface area contributed by atoms with Crippen LogP contribution in [0, 0.1) is 5.82 Å². The zero-order valence-corrected chi connectivity index (χ0v) is 10.2. The number of thiophene rings is 1. The van der Waals surface area contributed by atoms with Crippen molar-refractivity contribution in [2.45, 2.75) is 4.21 Å². The Morgan fingerprint density at radius 1 is 1.24 bits per heavy atom. The summed E-state index contributed by atoms with van der Waals surface area (Å²) in [6.07, 6.45) is 0. The summed E-state index contributed by atoms with van der Waals surface area (Å²) in [6, 6.07) is 6.44. The van der Waals surface area contributed by atoms with Gasteiger partial charge in [-0.25, -0.2) is 12.8 Å². The van der Waals surface area contributed by atoms with Crippen molar-refractivity contribution < 1.29 is 12.8 Å². The molecule has 0 fully saturated rings. The summed E-state index contributed by atoms with van der Waals surface area (Å²) < 4.78 is 38.8. The molecule has 0 bridgehead atoms. The number of rotatable bonds is 3. The SMILES string of the molecule is Nc1csc(S(=O)(=O)Nc2ccc(F)cc2)c1. The monoisotopic (exact) mass is 272 g/mol. The maximum Gasteiger partial charge on any atom is 0.271 e. The minimum absolute atomic E-state index is 0.124. The minimum atomic E-state index is -3.64. The number of anilines is 2. The van der Waals surface area contributed by atoms with Crippen LogP contribution in [0.4, 0.5) is 15.8 Å². The van der Waals surface area contributed by atoms with E-state index in [2.05, 4.69) is 4.72 Å². The Morgan fingerprint density at radius 3 is 2.41 bits per heavy atom. The summed E-state index contributed by atoms with van der Waals surface area (Å²) in [5, 5.41) is 1.54. The molecule has 0 saturated heterocycles. The first-order valence-corrected chi connectivity index (χ1v) is 6.96. The molecule has 0 aliphatic rings. The first-order chi connectivity index (χ1) is 7.97. The third-order valence-corrected chi connectivity index (χ3v) is 4.80. The van der Waals surface area contributed by atoms with E-state index in [0.717, 1.165) is 11.3 Å². The quantitative estimate of drug-likeness (QED) is 0.900. The highest BCUT2D eigenvalue weighted by Gasteiger charge is 2.16. The van der Waals surface area contributed by atoms with Crippen molar-refractivity contribution in [3.8, 4) is 0 Å². The molecule has 0 spiro atoms. The highest BCUT2D eigenvalue weighted by molar-refractivity contribution is 7.94. The predicted octanol–water partition coefficient (Wildman–Crippen LogP) is 2.27. The standard InChI is InChI=1S/C10H9FN2O2S2/c11-7-1-3-9(4-2-7)13-17(14,15)10-5-8(12)6-16-10/h1-6,13H,12H2. The van der Waals surface area contributed by atoms with Gasteiger partial charge in [0.1, 0.15) is 10.0 Å². The van der Waals surface area contributed by atoms with Gasteiger partial charge in [0.15, 0.2) is 0 Å². The van der Waals surface area contributed by atoms with Gasteiger partial charge in [-0.3, -0.25) is 4.72 Å². The van der Waals surface area contributed by atoms with E-state index in [4.69, 9.17) is 5.73 Å². The summed E-state index contributed by atoms with van der Waals surface area (Å²) in [5.74, 6) is -0.423. The van der Waals surface area contributed by atoms with Crippen molar-refractivity contribution in [2.24, 2.45) is 0 Å². The van der Waals surface area contributed by atoms with Crippen LogP contribution in [0.5, 0.6) is 0 Å². The van der Waals surface area contributed by atoms with Gasteiger partial charge >= 0.3 is 0 Å². The highest BCUT2D eigenvalue weighted by atomic mass is 32.2. The number of nitrogens with two attached hydrogens (primary N) is 1. The second-order valence-electron chi connectivity index (χ2n) is 3.31. The lowest BCUT2D eigenvalue weighted by molar-refractivity contribution is 0.603. The van der Waals surface area contributed by atoms with Crippen LogP contribution in [-0.2, 0) is 10.0 Å². The van der Waals surface area contributed by atoms with Gasteiger partial charge in [0, 0.05) is 16.8 Å². The summed E-state index contributed by atoms with van der Waals surface area (Å²) >= 11 is 1.03. The fraction of sp³-hybridized carbons (Fsp3) is 0. The smallest absolute Gasteiger partial charge is 0.271 e. The summed E-state index contributed by atoms with van der Waals surface area (Å²) in [7, 11) is -3.64. The lowest BCUT2D eigenvalue weighted by Gasteiger charge is -2.05. The zero-order valence-electron chi connectivity index (χ0n) is 8.55. The van der Waals surface area contributed by atoms with E-state index < -0.39 is 15.8 Å². The normalized spacial score (nSPS) is 11.4. The lowest BCUT2D eigenvalue weighted by Crippen LogP contribution is -2.11. The van der Waals surface area contributed by atoms with Crippen molar-refractivity contribution in [2.75, 3.05) is 10.5 Å².